The third kappa shape index (κ3) is 6.40. The molecule has 2 fully saturated rings. The van der Waals surface area contributed by atoms with Crippen LogP contribution in [0, 0.1) is 11.3 Å². The van der Waals surface area contributed by atoms with Gasteiger partial charge in [-0.15, -0.1) is 0 Å². The number of nitrogens with zero attached hydrogens (tertiary/aromatic N) is 1. The van der Waals surface area contributed by atoms with Crippen LogP contribution < -0.4 is 0 Å². The van der Waals surface area contributed by atoms with E-state index in [2.05, 4.69) is 27.7 Å². The van der Waals surface area contributed by atoms with Gasteiger partial charge in [0.25, 0.3) is 5.95 Å². The molecule has 0 bridgehead atoms. The summed E-state index contributed by atoms with van der Waals surface area (Å²) in [6.07, 6.45) is -0.134. The Hall–Kier alpha value is -3.61. The molecule has 0 radical (unpaired) electrons. The van der Waals surface area contributed by atoms with Gasteiger partial charge in [0.1, 0.15) is 6.04 Å². The van der Waals surface area contributed by atoms with E-state index in [0.717, 1.165) is 22.3 Å². The average Bonchev–Trinajstić information content (AvgIpc) is 3.36. The van der Waals surface area contributed by atoms with Crippen LogP contribution >= 0.6 is 0 Å². The van der Waals surface area contributed by atoms with Crippen molar-refractivity contribution in [1.29, 1.82) is 0 Å². The van der Waals surface area contributed by atoms with Crippen molar-refractivity contribution in [3.05, 3.63) is 119 Å². The second-order valence-corrected chi connectivity index (χ2v) is 11.7. The van der Waals surface area contributed by atoms with Crippen molar-refractivity contribution in [3.8, 4) is 0 Å². The highest BCUT2D eigenvalue weighted by Gasteiger charge is 2.48. The first-order valence-corrected chi connectivity index (χ1v) is 14.1. The molecule has 0 spiro atoms. The quantitative estimate of drug-likeness (QED) is 0.291. The minimum Gasteiger partial charge on any atom is -0.465 e. The van der Waals surface area contributed by atoms with E-state index in [1.165, 1.54) is 0 Å². The molecule has 5 rings (SSSR count). The first kappa shape index (κ1) is 27.9. The second-order valence-electron chi connectivity index (χ2n) is 11.7. The number of hydrogen-bond donors (Lipinski definition) is 0. The number of ether oxygens (including phenoxy) is 3. The maximum atomic E-state index is 14.1. The molecule has 2 saturated heterocycles. The molecule has 6 nitrogen and oxygen atoms in total. The van der Waals surface area contributed by atoms with Gasteiger partial charge in [0.05, 0.1) is 25.9 Å². The number of rotatable bonds is 8. The summed E-state index contributed by atoms with van der Waals surface area (Å²) < 4.78 is 18.6. The molecule has 2 atom stereocenters. The lowest BCUT2D eigenvalue weighted by Crippen LogP contribution is -2.44. The van der Waals surface area contributed by atoms with Crippen molar-refractivity contribution in [3.63, 3.8) is 0 Å². The predicted molar refractivity (Wildman–Crippen MR) is 154 cm³/mol. The predicted octanol–water partition coefficient (Wildman–Crippen LogP) is 6.83. The van der Waals surface area contributed by atoms with E-state index < -0.39 is 12.1 Å². The van der Waals surface area contributed by atoms with Crippen molar-refractivity contribution in [2.45, 2.75) is 58.9 Å². The summed E-state index contributed by atoms with van der Waals surface area (Å²) in [5.74, 6) is 0.310. The standard InChI is InChI=1S/C34H39NO5/c1-24(2)30-28(33-37-22-34(3,4)23-38-33)20-29(35(30)39-21-25-14-8-5-9-15-25)32(36)40-31(26-16-10-6-11-17-26)27-18-12-7-13-19-27/h5-19,24,29-31H,20-23H2,1-4H3/t29-,30-/m1/s1. The molecule has 0 unspecified atom stereocenters. The molecule has 3 aromatic carbocycles. The Labute approximate surface area is 237 Å². The molecule has 0 N–H and O–H groups in total. The molecular weight excluding hydrogens is 502 g/mol. The number of carbonyl (C=O) groups excluding carboxylic acids is 1. The second kappa shape index (κ2) is 12.3. The summed E-state index contributed by atoms with van der Waals surface area (Å²) in [5.41, 5.74) is 3.72. The van der Waals surface area contributed by atoms with Gasteiger partial charge in [-0.3, -0.25) is 9.63 Å². The van der Waals surface area contributed by atoms with Crippen LogP contribution in [0.15, 0.2) is 103 Å². The van der Waals surface area contributed by atoms with Gasteiger partial charge in [-0.1, -0.05) is 119 Å². The molecular formula is C34H39NO5. The minimum atomic E-state index is -0.657. The summed E-state index contributed by atoms with van der Waals surface area (Å²) in [4.78, 5) is 20.5. The molecule has 6 heteroatoms. The lowest BCUT2D eigenvalue weighted by Gasteiger charge is -2.34. The van der Waals surface area contributed by atoms with Crippen LogP contribution in [0.3, 0.4) is 0 Å². The van der Waals surface area contributed by atoms with E-state index in [9.17, 15) is 4.79 Å². The Morgan fingerprint density at radius 2 is 1.40 bits per heavy atom. The summed E-state index contributed by atoms with van der Waals surface area (Å²) >= 11 is 0. The van der Waals surface area contributed by atoms with Crippen molar-refractivity contribution in [1.82, 2.24) is 5.06 Å². The number of carbonyl (C=O) groups is 1. The zero-order valence-corrected chi connectivity index (χ0v) is 23.8. The fourth-order valence-electron chi connectivity index (χ4n) is 5.32. The zero-order valence-electron chi connectivity index (χ0n) is 23.8. The smallest absolute Gasteiger partial charge is 0.327 e. The van der Waals surface area contributed by atoms with E-state index in [1.54, 1.807) is 0 Å². The normalized spacial score (nSPS) is 20.9. The summed E-state index contributed by atoms with van der Waals surface area (Å²) in [7, 11) is 0. The number of esters is 1. The van der Waals surface area contributed by atoms with Crippen LogP contribution in [0.2, 0.25) is 0 Å². The summed E-state index contributed by atoms with van der Waals surface area (Å²) in [5, 5.41) is 1.82. The topological polar surface area (TPSA) is 57.2 Å². The fraction of sp³-hybridized carbons (Fsp3) is 0.382. The van der Waals surface area contributed by atoms with Gasteiger partial charge in [0.15, 0.2) is 6.10 Å². The molecule has 3 aromatic rings. The fourth-order valence-corrected chi connectivity index (χ4v) is 5.32. The summed E-state index contributed by atoms with van der Waals surface area (Å²) in [6.45, 7) is 9.94. The van der Waals surface area contributed by atoms with E-state index in [-0.39, 0.29) is 23.3 Å². The maximum absolute atomic E-state index is 14.1. The molecule has 0 amide bonds. The largest absolute Gasteiger partial charge is 0.465 e. The number of hydrogen-bond acceptors (Lipinski definition) is 6. The van der Waals surface area contributed by atoms with Crippen LogP contribution in [-0.2, 0) is 30.4 Å². The third-order valence-electron chi connectivity index (χ3n) is 7.37. The highest BCUT2D eigenvalue weighted by atomic mass is 16.7. The van der Waals surface area contributed by atoms with Gasteiger partial charge in [-0.2, -0.15) is 5.06 Å². The van der Waals surface area contributed by atoms with Gasteiger partial charge >= 0.3 is 5.97 Å². The SMILES string of the molecule is CC(C)[C@@H]1C(=C2OCC(C)(C)CO2)C[C@H](C(=O)OC(c2ccccc2)c2ccccc2)N1OCc1ccccc1. The van der Waals surface area contributed by atoms with Gasteiger partial charge in [-0.25, -0.2) is 0 Å². The van der Waals surface area contributed by atoms with E-state index in [4.69, 9.17) is 19.0 Å². The van der Waals surface area contributed by atoms with Crippen molar-refractivity contribution in [2.75, 3.05) is 13.2 Å². The van der Waals surface area contributed by atoms with Crippen LogP contribution in [0.25, 0.3) is 0 Å². The Morgan fingerprint density at radius 3 is 1.93 bits per heavy atom. The minimum absolute atomic E-state index is 0.0730. The Kier molecular flexibility index (Phi) is 8.57. The third-order valence-corrected chi connectivity index (χ3v) is 7.37. The van der Waals surface area contributed by atoms with Crippen molar-refractivity contribution >= 4 is 5.97 Å². The maximum Gasteiger partial charge on any atom is 0.327 e. The molecule has 210 valence electrons. The lowest BCUT2D eigenvalue weighted by atomic mass is 9.94. The molecule has 0 aromatic heterocycles. The number of benzene rings is 3. The molecule has 40 heavy (non-hydrogen) atoms. The lowest BCUT2D eigenvalue weighted by molar-refractivity contribution is -0.217. The number of hydroxylamine groups is 2. The zero-order chi connectivity index (χ0) is 28.1. The Balaban J connectivity index is 1.47. The molecule has 0 saturated carbocycles. The van der Waals surface area contributed by atoms with Gasteiger partial charge in [0, 0.05) is 17.4 Å². The van der Waals surface area contributed by atoms with Crippen molar-refractivity contribution < 1.29 is 23.8 Å². The van der Waals surface area contributed by atoms with E-state index >= 15 is 0 Å². The van der Waals surface area contributed by atoms with E-state index in [1.807, 2.05) is 96.1 Å². The van der Waals surface area contributed by atoms with Gasteiger partial charge < -0.3 is 14.2 Å². The van der Waals surface area contributed by atoms with Crippen LogP contribution in [0.4, 0.5) is 0 Å². The average molecular weight is 542 g/mol. The summed E-state index contributed by atoms with van der Waals surface area (Å²) in [6, 6.07) is 28.8. The monoisotopic (exact) mass is 541 g/mol. The Morgan fingerprint density at radius 1 is 0.875 bits per heavy atom. The molecule has 2 heterocycles. The van der Waals surface area contributed by atoms with Crippen LogP contribution in [0.5, 0.6) is 0 Å². The first-order chi connectivity index (χ1) is 19.3. The molecule has 2 aliphatic rings. The van der Waals surface area contributed by atoms with Crippen LogP contribution in [0.1, 0.15) is 56.9 Å². The highest BCUT2D eigenvalue weighted by Crippen LogP contribution is 2.40. The Bertz CT molecular complexity index is 1240. The van der Waals surface area contributed by atoms with E-state index in [0.29, 0.717) is 32.2 Å². The van der Waals surface area contributed by atoms with Crippen molar-refractivity contribution in [2.24, 2.45) is 11.3 Å². The molecule has 2 aliphatic heterocycles. The molecule has 0 aliphatic carbocycles. The highest BCUT2D eigenvalue weighted by molar-refractivity contribution is 5.77. The first-order valence-electron chi connectivity index (χ1n) is 14.1. The van der Waals surface area contributed by atoms with Gasteiger partial charge in [-0.05, 0) is 22.6 Å². The van der Waals surface area contributed by atoms with Crippen LogP contribution in [-0.4, -0.2) is 36.3 Å². The van der Waals surface area contributed by atoms with Gasteiger partial charge in [0.2, 0.25) is 0 Å².